The van der Waals surface area contributed by atoms with Gasteiger partial charge in [0.25, 0.3) is 0 Å². The van der Waals surface area contributed by atoms with E-state index in [2.05, 4.69) is 47.7 Å². The van der Waals surface area contributed by atoms with E-state index in [1.54, 1.807) is 11.3 Å². The highest BCUT2D eigenvalue weighted by molar-refractivity contribution is 7.81. The lowest BCUT2D eigenvalue weighted by Crippen LogP contribution is -2.37. The lowest BCUT2D eigenvalue weighted by Gasteiger charge is -2.38. The maximum atomic E-state index is 4.89. The second-order valence-corrected chi connectivity index (χ2v) is 7.60. The second kappa shape index (κ2) is 16.0. The maximum absolute atomic E-state index is 4.89. The zero-order valence-corrected chi connectivity index (χ0v) is 19.5. The van der Waals surface area contributed by atoms with Crippen LogP contribution in [0.5, 0.6) is 0 Å². The Morgan fingerprint density at radius 3 is 2.44 bits per heavy atom. The number of thiol groups is 1. The highest BCUT2D eigenvalue weighted by Crippen LogP contribution is 2.39. The van der Waals surface area contributed by atoms with Gasteiger partial charge in [0.05, 0.1) is 5.69 Å². The average molecular weight is 409 g/mol. The Labute approximate surface area is 177 Å². The molecule has 1 aliphatic carbocycles. The molecule has 2 nitrogen and oxygen atoms in total. The molecule has 154 valence electrons. The van der Waals surface area contributed by atoms with Gasteiger partial charge in [-0.05, 0) is 38.6 Å². The van der Waals surface area contributed by atoms with Gasteiger partial charge in [0, 0.05) is 21.9 Å². The Bertz CT molecular complexity index is 549. The van der Waals surface area contributed by atoms with Gasteiger partial charge in [0.1, 0.15) is 0 Å². The molecule has 0 saturated heterocycles. The first-order chi connectivity index (χ1) is 13.2. The molecule has 1 heterocycles. The third-order valence-corrected chi connectivity index (χ3v) is 6.21. The number of nitrogens with two attached hydrogens (primary N) is 1. The Morgan fingerprint density at radius 1 is 1.19 bits per heavy atom. The lowest BCUT2D eigenvalue weighted by molar-refractivity contribution is 0.315. The fourth-order valence-electron chi connectivity index (χ4n) is 3.43. The van der Waals surface area contributed by atoms with Gasteiger partial charge < -0.3 is 10.0 Å². The van der Waals surface area contributed by atoms with Crippen LogP contribution in [0.4, 0.5) is 5.69 Å². The molecule has 1 aliphatic rings. The van der Waals surface area contributed by atoms with Gasteiger partial charge >= 0.3 is 0 Å². The van der Waals surface area contributed by atoms with Crippen LogP contribution in [-0.4, -0.2) is 13.1 Å². The van der Waals surface area contributed by atoms with Gasteiger partial charge in [-0.3, -0.25) is 0 Å². The number of hydrogen-bond donors (Lipinski definition) is 2. The molecule has 0 aromatic carbocycles. The fourth-order valence-corrected chi connectivity index (χ4v) is 4.87. The monoisotopic (exact) mass is 408 g/mol. The van der Waals surface area contributed by atoms with Crippen molar-refractivity contribution in [3.05, 3.63) is 41.1 Å². The molecular weight excluding hydrogens is 368 g/mol. The smallest absolute Gasteiger partial charge is 0.0656 e. The van der Waals surface area contributed by atoms with E-state index in [1.165, 1.54) is 68.1 Å². The van der Waals surface area contributed by atoms with Gasteiger partial charge in [0.15, 0.2) is 0 Å². The van der Waals surface area contributed by atoms with E-state index in [-0.39, 0.29) is 0 Å². The van der Waals surface area contributed by atoms with Crippen molar-refractivity contribution in [2.75, 3.05) is 11.4 Å². The SMILES string of the molecule is C=Cc1scc(N(S)[C@@H]2CCCC[C@@H]2C/C=C\CCC)c1C=C.CC.CN. The molecule has 1 saturated carbocycles. The standard InChI is InChI=1S/C20H29NS2.C2H6.CH5N/c1-4-7-8-9-12-16-13-10-11-14-18(16)21(22)19-15-23-20(6-3)17(19)5-2;2*1-2/h5-6,8-9,15-16,18,22H,2-4,7,10-14H2,1H3;1-2H3;2H2,1H3/b9-8-;;/t16-,18+;;/m0../s1. The molecule has 1 aromatic rings. The summed E-state index contributed by atoms with van der Waals surface area (Å²) in [5, 5.41) is 2.19. The minimum atomic E-state index is 0.504. The van der Waals surface area contributed by atoms with Crippen LogP contribution in [-0.2, 0) is 0 Å². The first-order valence-electron chi connectivity index (χ1n) is 10.3. The number of allylic oxidation sites excluding steroid dienone is 2. The van der Waals surface area contributed by atoms with Crippen molar-refractivity contribution in [3.8, 4) is 0 Å². The Morgan fingerprint density at radius 2 is 1.85 bits per heavy atom. The molecule has 27 heavy (non-hydrogen) atoms. The molecule has 0 spiro atoms. The van der Waals surface area contributed by atoms with E-state index in [4.69, 9.17) is 12.8 Å². The average Bonchev–Trinajstić information content (AvgIpc) is 3.17. The van der Waals surface area contributed by atoms with Gasteiger partial charge in [-0.1, -0.05) is 90.3 Å². The molecule has 0 radical (unpaired) electrons. The summed E-state index contributed by atoms with van der Waals surface area (Å²) in [4.78, 5) is 1.18. The first kappa shape index (κ1) is 26.0. The van der Waals surface area contributed by atoms with Crippen molar-refractivity contribution in [3.63, 3.8) is 0 Å². The van der Waals surface area contributed by atoms with Crippen LogP contribution >= 0.6 is 24.2 Å². The first-order valence-corrected chi connectivity index (χ1v) is 11.6. The second-order valence-electron chi connectivity index (χ2n) is 6.26. The predicted octanol–water partition coefficient (Wildman–Crippen LogP) is 7.59. The molecule has 0 aliphatic heterocycles. The molecule has 0 amide bonds. The molecule has 1 aromatic heterocycles. The fraction of sp³-hybridized carbons (Fsp3) is 0.565. The van der Waals surface area contributed by atoms with E-state index in [0.29, 0.717) is 12.0 Å². The molecular formula is C23H40N2S2. The zero-order valence-electron chi connectivity index (χ0n) is 17.8. The minimum Gasteiger partial charge on any atom is -0.333 e. The Balaban J connectivity index is 0.00000158. The molecule has 0 unspecified atom stereocenters. The summed E-state index contributed by atoms with van der Waals surface area (Å²) in [6.45, 7) is 14.1. The highest BCUT2D eigenvalue weighted by Gasteiger charge is 2.29. The minimum absolute atomic E-state index is 0.504. The van der Waals surface area contributed by atoms with Crippen LogP contribution in [0.3, 0.4) is 0 Å². The third-order valence-electron chi connectivity index (χ3n) is 4.72. The maximum Gasteiger partial charge on any atom is 0.0656 e. The van der Waals surface area contributed by atoms with Crippen molar-refractivity contribution >= 4 is 42.0 Å². The van der Waals surface area contributed by atoms with Gasteiger partial charge in [-0.15, -0.1) is 11.3 Å². The highest BCUT2D eigenvalue weighted by atomic mass is 32.1. The van der Waals surface area contributed by atoms with Crippen LogP contribution in [0.1, 0.15) is 76.2 Å². The van der Waals surface area contributed by atoms with Crippen LogP contribution < -0.4 is 10.0 Å². The Hall–Kier alpha value is -0.970. The summed E-state index contributed by atoms with van der Waals surface area (Å²) in [6, 6.07) is 0.504. The largest absolute Gasteiger partial charge is 0.333 e. The van der Waals surface area contributed by atoms with Crippen LogP contribution in [0.2, 0.25) is 0 Å². The van der Waals surface area contributed by atoms with Crippen molar-refractivity contribution < 1.29 is 0 Å². The van der Waals surface area contributed by atoms with Crippen LogP contribution in [0, 0.1) is 5.92 Å². The number of unbranched alkanes of at least 4 members (excludes halogenated alkanes) is 1. The summed E-state index contributed by atoms with van der Waals surface area (Å²) in [6.07, 6.45) is 17.3. The van der Waals surface area contributed by atoms with Gasteiger partial charge in [-0.25, -0.2) is 0 Å². The van der Waals surface area contributed by atoms with Crippen LogP contribution in [0.15, 0.2) is 30.7 Å². The topological polar surface area (TPSA) is 29.3 Å². The van der Waals surface area contributed by atoms with Gasteiger partial charge in [-0.2, -0.15) is 0 Å². The predicted molar refractivity (Wildman–Crippen MR) is 132 cm³/mol. The molecule has 2 N–H and O–H groups in total. The number of anilines is 1. The summed E-state index contributed by atoms with van der Waals surface area (Å²) < 4.78 is 2.21. The molecule has 0 bridgehead atoms. The summed E-state index contributed by atoms with van der Waals surface area (Å²) >= 11 is 6.62. The van der Waals surface area contributed by atoms with Gasteiger partial charge in [0.2, 0.25) is 0 Å². The summed E-state index contributed by atoms with van der Waals surface area (Å²) in [5.74, 6) is 0.694. The van der Waals surface area contributed by atoms with Crippen molar-refractivity contribution in [1.29, 1.82) is 0 Å². The quantitative estimate of drug-likeness (QED) is 0.342. The number of thiophene rings is 1. The van der Waals surface area contributed by atoms with Crippen LogP contribution in [0.25, 0.3) is 12.2 Å². The Kier molecular flexibility index (Phi) is 15.5. The van der Waals surface area contributed by atoms with E-state index in [9.17, 15) is 0 Å². The number of hydrogen-bond acceptors (Lipinski definition) is 4. The molecule has 4 heteroatoms. The van der Waals surface area contributed by atoms with Crippen molar-refractivity contribution in [1.82, 2.24) is 0 Å². The molecule has 1 fully saturated rings. The lowest BCUT2D eigenvalue weighted by atomic mass is 9.82. The zero-order chi connectivity index (χ0) is 20.7. The van der Waals surface area contributed by atoms with E-state index in [1.807, 2.05) is 26.0 Å². The van der Waals surface area contributed by atoms with E-state index in [0.717, 1.165) is 0 Å². The molecule has 2 atom stereocenters. The normalized spacial score (nSPS) is 18.7. The third kappa shape index (κ3) is 7.89. The summed E-state index contributed by atoms with van der Waals surface area (Å²) in [7, 11) is 1.50. The van der Waals surface area contributed by atoms with Crippen molar-refractivity contribution in [2.24, 2.45) is 11.7 Å². The summed E-state index contributed by atoms with van der Waals surface area (Å²) in [5.41, 5.74) is 6.86. The molecule has 2 rings (SSSR count). The van der Waals surface area contributed by atoms with E-state index >= 15 is 0 Å². The number of rotatable bonds is 8. The van der Waals surface area contributed by atoms with E-state index < -0.39 is 0 Å². The van der Waals surface area contributed by atoms with Crippen molar-refractivity contribution in [2.45, 2.75) is 71.8 Å². The number of nitrogens with zero attached hydrogens (tertiary/aromatic N) is 1.